The van der Waals surface area contributed by atoms with Crippen molar-refractivity contribution in [2.24, 2.45) is 0 Å². The SMILES string of the molecule is CC[C@@H](C)c1ccc2oc(-c3ccc(NC(=O)Cc4ccc(Cl)cc4)cc3)nc2c1. The highest BCUT2D eigenvalue weighted by molar-refractivity contribution is 6.30. The Hall–Kier alpha value is -3.11. The van der Waals surface area contributed by atoms with E-state index in [1.165, 1.54) is 5.56 Å². The van der Waals surface area contributed by atoms with E-state index in [1.54, 1.807) is 12.1 Å². The highest BCUT2D eigenvalue weighted by Crippen LogP contribution is 2.28. The lowest BCUT2D eigenvalue weighted by Crippen LogP contribution is -2.14. The van der Waals surface area contributed by atoms with Crippen LogP contribution in [0.4, 0.5) is 5.69 Å². The van der Waals surface area contributed by atoms with Crippen LogP contribution in [0.1, 0.15) is 37.3 Å². The molecule has 0 spiro atoms. The third-order valence-electron chi connectivity index (χ3n) is 5.29. The van der Waals surface area contributed by atoms with Gasteiger partial charge >= 0.3 is 0 Å². The average Bonchev–Trinajstić information content (AvgIpc) is 3.18. The quantitative estimate of drug-likeness (QED) is 0.372. The minimum absolute atomic E-state index is 0.0792. The minimum Gasteiger partial charge on any atom is -0.436 e. The molecule has 0 saturated heterocycles. The summed E-state index contributed by atoms with van der Waals surface area (Å²) >= 11 is 5.88. The predicted molar refractivity (Wildman–Crippen MR) is 122 cm³/mol. The standard InChI is InChI=1S/C25H23ClN2O2/c1-3-16(2)19-8-13-23-22(15-19)28-25(30-23)18-6-11-21(12-7-18)27-24(29)14-17-4-9-20(26)10-5-17/h4-13,15-16H,3,14H2,1-2H3,(H,27,29)/t16-/m1/s1. The first kappa shape index (κ1) is 20.2. The van der Waals surface area contributed by atoms with E-state index in [4.69, 9.17) is 16.0 Å². The van der Waals surface area contributed by atoms with Crippen LogP contribution >= 0.6 is 11.6 Å². The van der Waals surface area contributed by atoms with E-state index in [9.17, 15) is 4.79 Å². The Morgan fingerprint density at radius 1 is 1.07 bits per heavy atom. The summed E-state index contributed by atoms with van der Waals surface area (Å²) in [4.78, 5) is 16.9. The number of aromatic nitrogens is 1. The van der Waals surface area contributed by atoms with Gasteiger partial charge < -0.3 is 9.73 Å². The van der Waals surface area contributed by atoms with Gasteiger partial charge in [-0.05, 0) is 72.0 Å². The second-order valence-corrected chi connectivity index (χ2v) is 7.92. The molecule has 1 atom stereocenters. The highest BCUT2D eigenvalue weighted by atomic mass is 35.5. The van der Waals surface area contributed by atoms with Crippen LogP contribution < -0.4 is 5.32 Å². The predicted octanol–water partition coefficient (Wildman–Crippen LogP) is 6.84. The van der Waals surface area contributed by atoms with Gasteiger partial charge in [0.05, 0.1) is 6.42 Å². The zero-order chi connectivity index (χ0) is 21.1. The van der Waals surface area contributed by atoms with Crippen molar-refractivity contribution in [1.82, 2.24) is 4.98 Å². The number of hydrogen-bond acceptors (Lipinski definition) is 3. The lowest BCUT2D eigenvalue weighted by Gasteiger charge is -2.07. The summed E-state index contributed by atoms with van der Waals surface area (Å²) in [6.45, 7) is 4.39. The second kappa shape index (κ2) is 8.72. The molecule has 4 rings (SSSR count). The molecule has 0 aliphatic carbocycles. The van der Waals surface area contributed by atoms with Crippen molar-refractivity contribution in [2.75, 3.05) is 5.32 Å². The van der Waals surface area contributed by atoms with Crippen molar-refractivity contribution in [3.8, 4) is 11.5 Å². The fraction of sp³-hybridized carbons (Fsp3) is 0.200. The van der Waals surface area contributed by atoms with E-state index in [2.05, 4.69) is 36.3 Å². The van der Waals surface area contributed by atoms with Gasteiger partial charge in [-0.2, -0.15) is 0 Å². The number of hydrogen-bond donors (Lipinski definition) is 1. The number of amides is 1. The fourth-order valence-corrected chi connectivity index (χ4v) is 3.43. The Morgan fingerprint density at radius 2 is 1.80 bits per heavy atom. The maximum atomic E-state index is 12.3. The summed E-state index contributed by atoms with van der Waals surface area (Å²) in [6, 6.07) is 21.0. The van der Waals surface area contributed by atoms with Gasteiger partial charge in [0.15, 0.2) is 5.58 Å². The Kier molecular flexibility index (Phi) is 5.86. The van der Waals surface area contributed by atoms with Gasteiger partial charge in [0.2, 0.25) is 11.8 Å². The third kappa shape index (κ3) is 4.55. The first-order chi connectivity index (χ1) is 14.5. The number of fused-ring (bicyclic) bond motifs is 1. The molecule has 0 bridgehead atoms. The number of halogens is 1. The van der Waals surface area contributed by atoms with Crippen LogP contribution in [0, 0.1) is 0 Å². The first-order valence-corrected chi connectivity index (χ1v) is 10.4. The molecule has 0 fully saturated rings. The molecule has 1 heterocycles. The van der Waals surface area contributed by atoms with Crippen LogP contribution in [0.5, 0.6) is 0 Å². The smallest absolute Gasteiger partial charge is 0.228 e. The molecule has 4 nitrogen and oxygen atoms in total. The molecule has 4 aromatic rings. The van der Waals surface area contributed by atoms with Crippen molar-refractivity contribution >= 4 is 34.3 Å². The second-order valence-electron chi connectivity index (χ2n) is 7.48. The summed E-state index contributed by atoms with van der Waals surface area (Å²) in [6.07, 6.45) is 1.38. The van der Waals surface area contributed by atoms with E-state index < -0.39 is 0 Å². The summed E-state index contributed by atoms with van der Waals surface area (Å²) in [5, 5.41) is 3.57. The molecule has 0 aliphatic rings. The normalized spacial score (nSPS) is 12.1. The van der Waals surface area contributed by atoms with E-state index >= 15 is 0 Å². The number of nitrogens with one attached hydrogen (secondary N) is 1. The topological polar surface area (TPSA) is 55.1 Å². The molecule has 0 radical (unpaired) electrons. The number of carbonyl (C=O) groups excluding carboxylic acids is 1. The highest BCUT2D eigenvalue weighted by Gasteiger charge is 2.11. The van der Waals surface area contributed by atoms with Crippen LogP contribution in [-0.2, 0) is 11.2 Å². The maximum Gasteiger partial charge on any atom is 0.228 e. The number of anilines is 1. The average molecular weight is 419 g/mol. The molecular formula is C25H23ClN2O2. The summed E-state index contributed by atoms with van der Waals surface area (Å²) in [5.74, 6) is 0.986. The van der Waals surface area contributed by atoms with Crippen molar-refractivity contribution in [3.63, 3.8) is 0 Å². The maximum absolute atomic E-state index is 12.3. The van der Waals surface area contributed by atoms with Crippen LogP contribution in [0.2, 0.25) is 5.02 Å². The van der Waals surface area contributed by atoms with Crippen molar-refractivity contribution in [1.29, 1.82) is 0 Å². The van der Waals surface area contributed by atoms with Gasteiger partial charge in [-0.15, -0.1) is 0 Å². The Bertz CT molecular complexity index is 1160. The lowest BCUT2D eigenvalue weighted by atomic mass is 9.98. The van der Waals surface area contributed by atoms with Crippen LogP contribution in [0.25, 0.3) is 22.6 Å². The van der Waals surface area contributed by atoms with Crippen molar-refractivity contribution < 1.29 is 9.21 Å². The number of benzene rings is 3. The molecule has 30 heavy (non-hydrogen) atoms. The van der Waals surface area contributed by atoms with Crippen molar-refractivity contribution in [3.05, 3.63) is 82.9 Å². The Labute approximate surface area is 180 Å². The molecule has 5 heteroatoms. The van der Waals surface area contributed by atoms with Gasteiger partial charge in [0, 0.05) is 16.3 Å². The number of oxazole rings is 1. The van der Waals surface area contributed by atoms with Gasteiger partial charge in [0.25, 0.3) is 0 Å². The Morgan fingerprint density at radius 3 is 2.50 bits per heavy atom. The van der Waals surface area contributed by atoms with E-state index in [0.29, 0.717) is 23.3 Å². The molecule has 0 saturated carbocycles. The van der Waals surface area contributed by atoms with Crippen LogP contribution in [0.15, 0.2) is 71.1 Å². The van der Waals surface area contributed by atoms with E-state index in [0.717, 1.165) is 34.3 Å². The zero-order valence-corrected chi connectivity index (χ0v) is 17.7. The van der Waals surface area contributed by atoms with Gasteiger partial charge in [0.1, 0.15) is 5.52 Å². The molecule has 152 valence electrons. The molecular weight excluding hydrogens is 396 g/mol. The minimum atomic E-state index is -0.0792. The summed E-state index contributed by atoms with van der Waals surface area (Å²) in [7, 11) is 0. The number of rotatable bonds is 6. The molecule has 3 aromatic carbocycles. The summed E-state index contributed by atoms with van der Waals surface area (Å²) in [5.41, 5.74) is 5.42. The molecule has 1 aromatic heterocycles. The molecule has 1 N–H and O–H groups in total. The van der Waals surface area contributed by atoms with Gasteiger partial charge in [-0.3, -0.25) is 4.79 Å². The van der Waals surface area contributed by atoms with Crippen molar-refractivity contribution in [2.45, 2.75) is 32.6 Å². The van der Waals surface area contributed by atoms with Gasteiger partial charge in [-0.25, -0.2) is 4.98 Å². The number of nitrogens with zero attached hydrogens (tertiary/aromatic N) is 1. The van der Waals surface area contributed by atoms with Crippen LogP contribution in [0.3, 0.4) is 0 Å². The zero-order valence-electron chi connectivity index (χ0n) is 17.0. The molecule has 0 unspecified atom stereocenters. The molecule has 1 amide bonds. The third-order valence-corrected chi connectivity index (χ3v) is 5.54. The van der Waals surface area contributed by atoms with Gasteiger partial charge in [-0.1, -0.05) is 43.6 Å². The van der Waals surface area contributed by atoms with E-state index in [-0.39, 0.29) is 5.91 Å². The lowest BCUT2D eigenvalue weighted by molar-refractivity contribution is -0.115. The van der Waals surface area contributed by atoms with E-state index in [1.807, 2.05) is 42.5 Å². The number of carbonyl (C=O) groups is 1. The molecule has 0 aliphatic heterocycles. The fourth-order valence-electron chi connectivity index (χ4n) is 3.30. The largest absolute Gasteiger partial charge is 0.436 e. The monoisotopic (exact) mass is 418 g/mol. The summed E-state index contributed by atoms with van der Waals surface area (Å²) < 4.78 is 5.92. The van der Waals surface area contributed by atoms with Crippen LogP contribution in [-0.4, -0.2) is 10.9 Å². The first-order valence-electron chi connectivity index (χ1n) is 10.1. The Balaban J connectivity index is 1.46.